The van der Waals surface area contributed by atoms with Gasteiger partial charge in [-0.2, -0.15) is 0 Å². The molecule has 0 spiro atoms. The van der Waals surface area contributed by atoms with E-state index in [0.717, 1.165) is 6.54 Å². The van der Waals surface area contributed by atoms with Gasteiger partial charge in [0.25, 0.3) is 0 Å². The molecule has 0 saturated carbocycles. The van der Waals surface area contributed by atoms with Gasteiger partial charge in [0, 0.05) is 6.04 Å². The van der Waals surface area contributed by atoms with Gasteiger partial charge in [-0.15, -0.1) is 24.8 Å². The Labute approximate surface area is 70.6 Å². The highest BCUT2D eigenvalue weighted by Gasteiger charge is 1.95. The van der Waals surface area contributed by atoms with Crippen LogP contribution in [0.4, 0.5) is 0 Å². The third-order valence-electron chi connectivity index (χ3n) is 1.38. The fourth-order valence-corrected chi connectivity index (χ4v) is 0.365. The van der Waals surface area contributed by atoms with E-state index < -0.39 is 0 Å². The van der Waals surface area contributed by atoms with E-state index in [1.807, 2.05) is 0 Å². The third kappa shape index (κ3) is 8.54. The van der Waals surface area contributed by atoms with Gasteiger partial charge in [-0.3, -0.25) is 0 Å². The maximum Gasteiger partial charge on any atom is 0.00354 e. The van der Waals surface area contributed by atoms with Crippen LogP contribution in [-0.4, -0.2) is 24.5 Å². The van der Waals surface area contributed by atoms with Crippen LogP contribution < -0.4 is 0 Å². The van der Waals surface area contributed by atoms with Gasteiger partial charge < -0.3 is 4.90 Å². The second kappa shape index (κ2) is 8.54. The molecule has 60 valence electrons. The van der Waals surface area contributed by atoms with Crippen LogP contribution in [0.1, 0.15) is 20.8 Å². The van der Waals surface area contributed by atoms with Gasteiger partial charge in [0.1, 0.15) is 0 Å². The highest BCUT2D eigenvalue weighted by atomic mass is 35.5. The van der Waals surface area contributed by atoms with E-state index in [2.05, 4.69) is 32.7 Å². The second-order valence-corrected chi connectivity index (χ2v) is 2.17. The van der Waals surface area contributed by atoms with Crippen LogP contribution in [0.5, 0.6) is 0 Å². The minimum Gasteiger partial charge on any atom is -0.304 e. The van der Waals surface area contributed by atoms with E-state index in [9.17, 15) is 0 Å². The first-order valence-electron chi connectivity index (χ1n) is 2.88. The van der Waals surface area contributed by atoms with E-state index in [1.54, 1.807) is 0 Å². The molecule has 0 N–H and O–H groups in total. The highest BCUT2D eigenvalue weighted by Crippen LogP contribution is 1.89. The van der Waals surface area contributed by atoms with Gasteiger partial charge in [-0.05, 0) is 27.4 Å². The molecule has 0 amide bonds. The molecule has 0 saturated heterocycles. The summed E-state index contributed by atoms with van der Waals surface area (Å²) in [6.07, 6.45) is 0. The van der Waals surface area contributed by atoms with Gasteiger partial charge in [0.2, 0.25) is 0 Å². The lowest BCUT2D eigenvalue weighted by Crippen LogP contribution is -2.25. The molecular weight excluding hydrogens is 157 g/mol. The Morgan fingerprint density at radius 3 is 1.56 bits per heavy atom. The van der Waals surface area contributed by atoms with E-state index in [0.29, 0.717) is 6.04 Å². The molecule has 1 nitrogen and oxygen atoms in total. The van der Waals surface area contributed by atoms with E-state index in [4.69, 9.17) is 0 Å². The van der Waals surface area contributed by atoms with Gasteiger partial charge in [0.15, 0.2) is 0 Å². The molecule has 0 fully saturated rings. The Hall–Kier alpha value is 0.540. The maximum absolute atomic E-state index is 2.29. The minimum absolute atomic E-state index is 0. The van der Waals surface area contributed by atoms with Crippen molar-refractivity contribution in [2.45, 2.75) is 26.8 Å². The lowest BCUT2D eigenvalue weighted by molar-refractivity contribution is 0.289. The fourth-order valence-electron chi connectivity index (χ4n) is 0.365. The molecule has 0 bridgehead atoms. The minimum atomic E-state index is 0. The molecule has 0 heterocycles. The predicted octanol–water partition coefficient (Wildman–Crippen LogP) is 2.19. The fraction of sp³-hybridized carbons (Fsp3) is 1.00. The summed E-state index contributed by atoms with van der Waals surface area (Å²) in [6.45, 7) is 7.71. The van der Waals surface area contributed by atoms with Crippen molar-refractivity contribution in [2.75, 3.05) is 13.6 Å². The summed E-state index contributed by atoms with van der Waals surface area (Å²) in [5.74, 6) is 0. The zero-order valence-corrected chi connectivity index (χ0v) is 8.18. The lowest BCUT2D eigenvalue weighted by atomic mass is 10.3. The van der Waals surface area contributed by atoms with Gasteiger partial charge in [-0.1, -0.05) is 6.92 Å². The molecule has 0 aromatic heterocycles. The normalized spacial score (nSPS) is 8.67. The van der Waals surface area contributed by atoms with Crippen LogP contribution in [0.2, 0.25) is 0 Å². The van der Waals surface area contributed by atoms with Gasteiger partial charge >= 0.3 is 0 Å². The first kappa shape index (κ1) is 16.3. The first-order chi connectivity index (χ1) is 3.18. The zero-order valence-electron chi connectivity index (χ0n) is 6.55. The van der Waals surface area contributed by atoms with Crippen molar-refractivity contribution in [1.82, 2.24) is 4.90 Å². The summed E-state index contributed by atoms with van der Waals surface area (Å²) >= 11 is 0. The Morgan fingerprint density at radius 1 is 1.22 bits per heavy atom. The molecule has 0 rings (SSSR count). The maximum atomic E-state index is 2.29. The SMILES string of the molecule is CCN(C)C(C)C.Cl.Cl. The average Bonchev–Trinajstić information content (AvgIpc) is 1.65. The van der Waals surface area contributed by atoms with Gasteiger partial charge in [-0.25, -0.2) is 0 Å². The Bertz CT molecular complexity index is 48.3. The number of nitrogens with zero attached hydrogens (tertiary/aromatic N) is 1. The van der Waals surface area contributed by atoms with E-state index in [1.165, 1.54) is 0 Å². The van der Waals surface area contributed by atoms with Crippen LogP contribution >= 0.6 is 24.8 Å². The molecule has 0 radical (unpaired) electrons. The quantitative estimate of drug-likeness (QED) is 0.620. The lowest BCUT2D eigenvalue weighted by Gasteiger charge is -2.17. The van der Waals surface area contributed by atoms with Crippen LogP contribution in [0.25, 0.3) is 0 Å². The smallest absolute Gasteiger partial charge is 0.00354 e. The summed E-state index contributed by atoms with van der Waals surface area (Å²) in [7, 11) is 2.13. The van der Waals surface area contributed by atoms with Crippen LogP contribution in [0.15, 0.2) is 0 Å². The van der Waals surface area contributed by atoms with E-state index >= 15 is 0 Å². The summed E-state index contributed by atoms with van der Waals surface area (Å²) < 4.78 is 0. The molecule has 3 heteroatoms. The summed E-state index contributed by atoms with van der Waals surface area (Å²) in [6, 6.07) is 0.699. The Kier molecular flexibility index (Phi) is 15.4. The van der Waals surface area contributed by atoms with Crippen molar-refractivity contribution in [1.29, 1.82) is 0 Å². The molecule has 0 aliphatic rings. The van der Waals surface area contributed by atoms with Crippen LogP contribution in [0.3, 0.4) is 0 Å². The Balaban J connectivity index is -0.000000180. The second-order valence-electron chi connectivity index (χ2n) is 2.17. The highest BCUT2D eigenvalue weighted by molar-refractivity contribution is 5.85. The number of rotatable bonds is 2. The molecule has 0 atom stereocenters. The number of hydrogen-bond donors (Lipinski definition) is 0. The zero-order chi connectivity index (χ0) is 5.86. The summed E-state index contributed by atoms with van der Waals surface area (Å²) in [4.78, 5) is 2.29. The first-order valence-corrected chi connectivity index (χ1v) is 2.88. The van der Waals surface area contributed by atoms with E-state index in [-0.39, 0.29) is 24.8 Å². The third-order valence-corrected chi connectivity index (χ3v) is 1.38. The molecular formula is C6H17Cl2N. The summed E-state index contributed by atoms with van der Waals surface area (Å²) in [5.41, 5.74) is 0. The molecule has 0 unspecified atom stereocenters. The molecule has 0 aromatic carbocycles. The molecule has 9 heavy (non-hydrogen) atoms. The van der Waals surface area contributed by atoms with Crippen molar-refractivity contribution >= 4 is 24.8 Å². The summed E-state index contributed by atoms with van der Waals surface area (Å²) in [5, 5.41) is 0. The number of halogens is 2. The molecule has 0 aliphatic carbocycles. The topological polar surface area (TPSA) is 3.24 Å². The van der Waals surface area contributed by atoms with Crippen molar-refractivity contribution in [3.8, 4) is 0 Å². The van der Waals surface area contributed by atoms with Gasteiger partial charge in [0.05, 0.1) is 0 Å². The van der Waals surface area contributed by atoms with Crippen molar-refractivity contribution < 1.29 is 0 Å². The molecule has 0 aromatic rings. The number of hydrogen-bond acceptors (Lipinski definition) is 1. The largest absolute Gasteiger partial charge is 0.304 e. The van der Waals surface area contributed by atoms with Crippen LogP contribution in [0, 0.1) is 0 Å². The van der Waals surface area contributed by atoms with Crippen LogP contribution in [-0.2, 0) is 0 Å². The Morgan fingerprint density at radius 2 is 1.56 bits per heavy atom. The van der Waals surface area contributed by atoms with Crippen molar-refractivity contribution in [3.05, 3.63) is 0 Å². The predicted molar refractivity (Wildman–Crippen MR) is 47.9 cm³/mol. The standard InChI is InChI=1S/C6H15N.2ClH/c1-5-7(4)6(2)3;;/h6H,5H2,1-4H3;2*1H. The average molecular weight is 174 g/mol. The van der Waals surface area contributed by atoms with Crippen molar-refractivity contribution in [2.24, 2.45) is 0 Å². The molecule has 0 aliphatic heterocycles. The van der Waals surface area contributed by atoms with Crippen molar-refractivity contribution in [3.63, 3.8) is 0 Å². The monoisotopic (exact) mass is 173 g/mol.